The van der Waals surface area contributed by atoms with Gasteiger partial charge in [-0.15, -0.1) is 0 Å². The topological polar surface area (TPSA) is 33.2 Å². The van der Waals surface area contributed by atoms with Crippen LogP contribution >= 0.6 is 0 Å². The molecule has 1 amide bonds. The van der Waals surface area contributed by atoms with Gasteiger partial charge in [-0.2, -0.15) is 0 Å². The summed E-state index contributed by atoms with van der Waals surface area (Å²) in [4.78, 5) is 19.0. The number of carbonyl (C=O) groups excluding carboxylic acids is 1. The molecule has 5 rings (SSSR count). The number of anilines is 1. The lowest BCUT2D eigenvalue weighted by Gasteiger charge is -2.18. The Morgan fingerprint density at radius 2 is 1.72 bits per heavy atom. The van der Waals surface area contributed by atoms with Gasteiger partial charge in [0.25, 0.3) is 0 Å². The molecule has 3 nitrogen and oxygen atoms in total. The average molecular weight is 378 g/mol. The Balaban J connectivity index is 1.33. The summed E-state index contributed by atoms with van der Waals surface area (Å²) in [6.07, 6.45) is 5.83. The second kappa shape index (κ2) is 7.51. The first kappa shape index (κ1) is 17.6. The summed E-state index contributed by atoms with van der Waals surface area (Å²) in [6.45, 7) is 0.767. The molecule has 142 valence electrons. The molecule has 0 spiro atoms. The zero-order valence-corrected chi connectivity index (χ0v) is 16.2. The summed E-state index contributed by atoms with van der Waals surface area (Å²) in [5.74, 6) is 0.202. The molecule has 0 radical (unpaired) electrons. The fraction of sp³-hybridized carbons (Fsp3) is 0.154. The molecule has 3 heteroatoms. The fourth-order valence-electron chi connectivity index (χ4n) is 4.27. The number of aryl methyl sites for hydroxylation is 1. The second-order valence-electron chi connectivity index (χ2n) is 7.51. The van der Waals surface area contributed by atoms with E-state index in [4.69, 9.17) is 0 Å². The fourth-order valence-corrected chi connectivity index (χ4v) is 4.27. The average Bonchev–Trinajstić information content (AvgIpc) is 3.21. The van der Waals surface area contributed by atoms with Crippen LogP contribution in [0.2, 0.25) is 0 Å². The Kier molecular flexibility index (Phi) is 4.57. The zero-order valence-electron chi connectivity index (χ0n) is 16.2. The van der Waals surface area contributed by atoms with Crippen molar-refractivity contribution in [3.8, 4) is 11.1 Å². The monoisotopic (exact) mass is 378 g/mol. The van der Waals surface area contributed by atoms with Crippen LogP contribution in [0.4, 0.5) is 5.69 Å². The molecule has 0 aliphatic carbocycles. The van der Waals surface area contributed by atoms with Crippen molar-refractivity contribution in [1.29, 1.82) is 0 Å². The van der Waals surface area contributed by atoms with Crippen molar-refractivity contribution in [1.82, 2.24) is 4.98 Å². The summed E-state index contributed by atoms with van der Waals surface area (Å²) >= 11 is 0. The number of hydrogen-bond donors (Lipinski definition) is 0. The number of benzene rings is 3. The van der Waals surface area contributed by atoms with Crippen LogP contribution in [0, 0.1) is 0 Å². The van der Waals surface area contributed by atoms with E-state index in [1.54, 1.807) is 0 Å². The number of hydrogen-bond acceptors (Lipinski definition) is 2. The van der Waals surface area contributed by atoms with Crippen molar-refractivity contribution < 1.29 is 4.79 Å². The van der Waals surface area contributed by atoms with Crippen LogP contribution in [-0.4, -0.2) is 17.4 Å². The molecule has 0 saturated heterocycles. The van der Waals surface area contributed by atoms with E-state index in [1.165, 1.54) is 27.5 Å². The molecule has 2 heterocycles. The van der Waals surface area contributed by atoms with Gasteiger partial charge in [0.1, 0.15) is 0 Å². The highest BCUT2D eigenvalue weighted by Crippen LogP contribution is 2.33. The first-order chi connectivity index (χ1) is 14.3. The van der Waals surface area contributed by atoms with Crippen LogP contribution in [0.15, 0.2) is 85.2 Å². The van der Waals surface area contributed by atoms with E-state index < -0.39 is 0 Å². The summed E-state index contributed by atoms with van der Waals surface area (Å²) in [7, 11) is 0. The molecule has 3 aromatic carbocycles. The molecule has 1 aliphatic rings. The Labute approximate surface area is 170 Å². The van der Waals surface area contributed by atoms with Crippen LogP contribution in [0.25, 0.3) is 21.9 Å². The molecule has 29 heavy (non-hydrogen) atoms. The van der Waals surface area contributed by atoms with Crippen molar-refractivity contribution >= 4 is 22.4 Å². The highest BCUT2D eigenvalue weighted by molar-refractivity contribution is 5.96. The van der Waals surface area contributed by atoms with Gasteiger partial charge in [0.05, 0.1) is 0 Å². The van der Waals surface area contributed by atoms with Gasteiger partial charge < -0.3 is 4.90 Å². The Hall–Kier alpha value is -3.46. The molecular formula is C26H22N2O. The largest absolute Gasteiger partial charge is 0.312 e. The lowest BCUT2D eigenvalue weighted by Crippen LogP contribution is -2.29. The van der Waals surface area contributed by atoms with Gasteiger partial charge >= 0.3 is 0 Å². The minimum atomic E-state index is 0.202. The minimum absolute atomic E-state index is 0.202. The van der Waals surface area contributed by atoms with Crippen molar-refractivity contribution in [2.24, 2.45) is 0 Å². The standard InChI is InChI=1S/C26H22N2O/c29-26(11-9-21-6-3-5-20-4-1-2-7-24(20)21)28-17-14-23-18-22(8-10-25(23)28)19-12-15-27-16-13-19/h1-8,10,12-13,15-16,18H,9,11,14,17H2. The maximum atomic E-state index is 13.0. The van der Waals surface area contributed by atoms with Crippen molar-refractivity contribution in [2.75, 3.05) is 11.4 Å². The summed E-state index contributed by atoms with van der Waals surface area (Å²) < 4.78 is 0. The number of fused-ring (bicyclic) bond motifs is 2. The normalized spacial score (nSPS) is 12.9. The predicted molar refractivity (Wildman–Crippen MR) is 118 cm³/mol. The summed E-state index contributed by atoms with van der Waals surface area (Å²) in [5.41, 5.74) is 5.88. The number of carbonyl (C=O) groups is 1. The van der Waals surface area contributed by atoms with Gasteiger partial charge in [-0.3, -0.25) is 9.78 Å². The molecule has 0 saturated carbocycles. The smallest absolute Gasteiger partial charge is 0.227 e. The van der Waals surface area contributed by atoms with Gasteiger partial charge in [0.2, 0.25) is 5.91 Å². The van der Waals surface area contributed by atoms with Gasteiger partial charge in [-0.25, -0.2) is 0 Å². The predicted octanol–water partition coefficient (Wildman–Crippen LogP) is 5.42. The van der Waals surface area contributed by atoms with E-state index in [0.717, 1.165) is 30.6 Å². The van der Waals surface area contributed by atoms with Crippen LogP contribution in [-0.2, 0) is 17.6 Å². The van der Waals surface area contributed by atoms with Gasteiger partial charge in [0.15, 0.2) is 0 Å². The van der Waals surface area contributed by atoms with Crippen molar-refractivity contribution in [3.63, 3.8) is 0 Å². The molecule has 0 bridgehead atoms. The molecule has 1 aliphatic heterocycles. The summed E-state index contributed by atoms with van der Waals surface area (Å²) in [5, 5.41) is 2.47. The van der Waals surface area contributed by atoms with Crippen LogP contribution in [0.3, 0.4) is 0 Å². The highest BCUT2D eigenvalue weighted by atomic mass is 16.2. The third-order valence-corrected chi connectivity index (χ3v) is 5.78. The first-order valence-corrected chi connectivity index (χ1v) is 10.1. The van der Waals surface area contributed by atoms with E-state index in [-0.39, 0.29) is 5.91 Å². The Morgan fingerprint density at radius 1 is 0.897 bits per heavy atom. The molecule has 0 fully saturated rings. The first-order valence-electron chi connectivity index (χ1n) is 10.1. The number of amides is 1. The Bertz CT molecular complexity index is 1180. The molecular weight excluding hydrogens is 356 g/mol. The van der Waals surface area contributed by atoms with Gasteiger partial charge in [0, 0.05) is 31.0 Å². The second-order valence-corrected chi connectivity index (χ2v) is 7.51. The van der Waals surface area contributed by atoms with E-state index >= 15 is 0 Å². The van der Waals surface area contributed by atoms with Crippen LogP contribution in [0.5, 0.6) is 0 Å². The SMILES string of the molecule is O=C(CCc1cccc2ccccc12)N1CCc2cc(-c3ccncc3)ccc21. The maximum absolute atomic E-state index is 13.0. The third kappa shape index (κ3) is 3.40. The number of aromatic nitrogens is 1. The molecule has 0 atom stereocenters. The van der Waals surface area contributed by atoms with Crippen LogP contribution < -0.4 is 4.90 Å². The van der Waals surface area contributed by atoms with E-state index in [9.17, 15) is 4.79 Å². The highest BCUT2D eigenvalue weighted by Gasteiger charge is 2.24. The Morgan fingerprint density at radius 3 is 2.62 bits per heavy atom. The van der Waals surface area contributed by atoms with Crippen molar-refractivity contribution in [3.05, 3.63) is 96.3 Å². The van der Waals surface area contributed by atoms with E-state index in [1.807, 2.05) is 29.4 Å². The lowest BCUT2D eigenvalue weighted by molar-refractivity contribution is -0.118. The molecule has 0 unspecified atom stereocenters. The summed E-state index contributed by atoms with van der Waals surface area (Å²) in [6, 6.07) is 25.1. The van der Waals surface area contributed by atoms with Crippen molar-refractivity contribution in [2.45, 2.75) is 19.3 Å². The van der Waals surface area contributed by atoms with E-state index in [0.29, 0.717) is 6.42 Å². The maximum Gasteiger partial charge on any atom is 0.227 e. The quantitative estimate of drug-likeness (QED) is 0.475. The zero-order chi connectivity index (χ0) is 19.6. The third-order valence-electron chi connectivity index (χ3n) is 5.78. The number of nitrogens with zero attached hydrogens (tertiary/aromatic N) is 2. The van der Waals surface area contributed by atoms with Gasteiger partial charge in [-0.05, 0) is 70.1 Å². The van der Waals surface area contributed by atoms with Crippen LogP contribution in [0.1, 0.15) is 17.5 Å². The number of pyridine rings is 1. The lowest BCUT2D eigenvalue weighted by atomic mass is 10.0. The van der Waals surface area contributed by atoms with E-state index in [2.05, 4.69) is 65.6 Å². The van der Waals surface area contributed by atoms with Gasteiger partial charge in [-0.1, -0.05) is 48.5 Å². The molecule has 1 aromatic heterocycles. The number of rotatable bonds is 4. The molecule has 4 aromatic rings. The molecule has 0 N–H and O–H groups in total. The minimum Gasteiger partial charge on any atom is -0.312 e.